The Morgan fingerprint density at radius 2 is 1.68 bits per heavy atom. The fraction of sp³-hybridized carbons (Fsp3) is 0.393. The van der Waals surface area contributed by atoms with Gasteiger partial charge in [0.2, 0.25) is 0 Å². The van der Waals surface area contributed by atoms with Crippen LogP contribution in [0.5, 0.6) is 17.2 Å². The third kappa shape index (κ3) is 4.98. The van der Waals surface area contributed by atoms with Crippen molar-refractivity contribution >= 4 is 22.8 Å². The van der Waals surface area contributed by atoms with Crippen LogP contribution >= 0.6 is 0 Å². The Kier molecular flexibility index (Phi) is 7.39. The van der Waals surface area contributed by atoms with Crippen molar-refractivity contribution < 1.29 is 19.0 Å². The zero-order valence-electron chi connectivity index (χ0n) is 22.2. The minimum Gasteiger partial charge on any atom is -0.497 e. The van der Waals surface area contributed by atoms with E-state index < -0.39 is 0 Å². The van der Waals surface area contributed by atoms with Crippen LogP contribution in [0, 0.1) is 6.92 Å². The zero-order valence-corrected chi connectivity index (χ0v) is 22.2. The highest BCUT2D eigenvalue weighted by Gasteiger charge is 2.29. The number of ketones is 1. The van der Waals surface area contributed by atoms with Gasteiger partial charge in [0.15, 0.2) is 22.8 Å². The topological polar surface area (TPSA) is 104 Å². The summed E-state index contributed by atoms with van der Waals surface area (Å²) >= 11 is 0. The lowest BCUT2D eigenvalue weighted by Gasteiger charge is -2.26. The van der Waals surface area contributed by atoms with E-state index in [1.54, 1.807) is 26.0 Å². The van der Waals surface area contributed by atoms with Gasteiger partial charge in [-0.15, -0.1) is 5.10 Å². The summed E-state index contributed by atoms with van der Waals surface area (Å²) in [4.78, 5) is 23.9. The number of ether oxygens (including phenoxy) is 3. The van der Waals surface area contributed by atoms with E-state index >= 15 is 0 Å². The average molecular weight is 517 g/mol. The van der Waals surface area contributed by atoms with E-state index in [1.807, 2.05) is 31.2 Å². The van der Waals surface area contributed by atoms with Gasteiger partial charge in [-0.2, -0.15) is 0 Å². The molecule has 0 aliphatic heterocycles. The van der Waals surface area contributed by atoms with Crippen molar-refractivity contribution in [2.24, 2.45) is 0 Å². The molecule has 0 N–H and O–H groups in total. The van der Waals surface area contributed by atoms with Gasteiger partial charge in [-0.1, -0.05) is 23.8 Å². The van der Waals surface area contributed by atoms with Crippen molar-refractivity contribution in [3.63, 3.8) is 0 Å². The highest BCUT2D eigenvalue weighted by Crippen LogP contribution is 2.33. The standard InChI is InChI=1S/C28H32N6O4/c1-18-9-10-19(24(13-18)37-3)15-33(16-20-11-12-21(36-2)14-25(20)38-4)27-26-28(30-17-29-27)34(32-31-26)22-7-5-6-8-23(22)35/h9-14,17,22H,5-8,15-16H2,1-4H3. The summed E-state index contributed by atoms with van der Waals surface area (Å²) in [5.74, 6) is 2.99. The third-order valence-corrected chi connectivity index (χ3v) is 7.02. The molecule has 1 atom stereocenters. The Hall–Kier alpha value is -4.21. The molecule has 10 heteroatoms. The van der Waals surface area contributed by atoms with Crippen molar-refractivity contribution in [1.29, 1.82) is 0 Å². The van der Waals surface area contributed by atoms with E-state index in [0.29, 0.717) is 48.0 Å². The number of hydrogen-bond donors (Lipinski definition) is 0. The number of nitrogens with zero attached hydrogens (tertiary/aromatic N) is 6. The maximum absolute atomic E-state index is 12.7. The number of anilines is 1. The van der Waals surface area contributed by atoms with Gasteiger partial charge in [0.05, 0.1) is 21.3 Å². The van der Waals surface area contributed by atoms with E-state index in [2.05, 4.69) is 37.3 Å². The second-order valence-corrected chi connectivity index (χ2v) is 9.48. The van der Waals surface area contributed by atoms with Crippen LogP contribution in [0.1, 0.15) is 48.4 Å². The monoisotopic (exact) mass is 516 g/mol. The number of methoxy groups -OCH3 is 3. The Morgan fingerprint density at radius 1 is 0.947 bits per heavy atom. The van der Waals surface area contributed by atoms with Crippen LogP contribution in [-0.4, -0.2) is 52.1 Å². The summed E-state index contributed by atoms with van der Waals surface area (Å²) < 4.78 is 18.4. The smallest absolute Gasteiger partial charge is 0.184 e. The van der Waals surface area contributed by atoms with Gasteiger partial charge < -0.3 is 19.1 Å². The molecule has 2 heterocycles. The van der Waals surface area contributed by atoms with Gasteiger partial charge in [0.1, 0.15) is 29.6 Å². The summed E-state index contributed by atoms with van der Waals surface area (Å²) in [6.45, 7) is 2.98. The number of fused-ring (bicyclic) bond motifs is 1. The summed E-state index contributed by atoms with van der Waals surface area (Å²) in [7, 11) is 4.94. The molecule has 2 aromatic heterocycles. The molecular formula is C28H32N6O4. The van der Waals surface area contributed by atoms with E-state index in [4.69, 9.17) is 14.2 Å². The van der Waals surface area contributed by atoms with E-state index in [0.717, 1.165) is 41.7 Å². The van der Waals surface area contributed by atoms with E-state index in [9.17, 15) is 4.79 Å². The minimum absolute atomic E-state index is 0.174. The fourth-order valence-corrected chi connectivity index (χ4v) is 5.00. The van der Waals surface area contributed by atoms with Crippen molar-refractivity contribution in [1.82, 2.24) is 25.0 Å². The molecule has 0 bridgehead atoms. The lowest BCUT2D eigenvalue weighted by molar-refractivity contribution is -0.124. The third-order valence-electron chi connectivity index (χ3n) is 7.02. The average Bonchev–Trinajstić information content (AvgIpc) is 3.38. The van der Waals surface area contributed by atoms with Gasteiger partial charge >= 0.3 is 0 Å². The SMILES string of the molecule is COc1ccc(CN(Cc2ccc(C)cc2OC)c2ncnc3c2nnn3C2CCCCC2=O)c(OC)c1. The second kappa shape index (κ2) is 11.0. The number of rotatable bonds is 9. The molecule has 1 unspecified atom stereocenters. The predicted molar refractivity (Wildman–Crippen MR) is 143 cm³/mol. The number of Topliss-reactive ketones (excluding diaryl/α,β-unsaturated/α-hetero) is 1. The van der Waals surface area contributed by atoms with Crippen LogP contribution in [0.15, 0.2) is 42.7 Å². The minimum atomic E-state index is -0.344. The summed E-state index contributed by atoms with van der Waals surface area (Å²) in [6, 6.07) is 11.5. The Bertz CT molecular complexity index is 1450. The molecule has 0 radical (unpaired) electrons. The van der Waals surface area contributed by atoms with Crippen LogP contribution in [0.2, 0.25) is 0 Å². The Morgan fingerprint density at radius 3 is 2.39 bits per heavy atom. The number of carbonyl (C=O) groups is 1. The van der Waals surface area contributed by atoms with Crippen LogP contribution in [0.4, 0.5) is 5.82 Å². The van der Waals surface area contributed by atoms with Crippen LogP contribution in [0.3, 0.4) is 0 Å². The number of aromatic nitrogens is 5. The van der Waals surface area contributed by atoms with E-state index in [-0.39, 0.29) is 11.8 Å². The maximum Gasteiger partial charge on any atom is 0.184 e. The molecule has 1 fully saturated rings. The van der Waals surface area contributed by atoms with Crippen molar-refractivity contribution in [2.75, 3.05) is 26.2 Å². The zero-order chi connectivity index (χ0) is 26.6. The van der Waals surface area contributed by atoms with Gasteiger partial charge in [-0.25, -0.2) is 14.6 Å². The first kappa shape index (κ1) is 25.4. The Balaban J connectivity index is 1.59. The van der Waals surface area contributed by atoms with Crippen LogP contribution < -0.4 is 19.1 Å². The molecular weight excluding hydrogens is 484 g/mol. The molecule has 10 nitrogen and oxygen atoms in total. The van der Waals surface area contributed by atoms with Crippen molar-refractivity contribution in [3.8, 4) is 17.2 Å². The number of benzene rings is 2. The van der Waals surface area contributed by atoms with Crippen LogP contribution in [-0.2, 0) is 17.9 Å². The highest BCUT2D eigenvalue weighted by atomic mass is 16.5. The summed E-state index contributed by atoms with van der Waals surface area (Å²) in [5.41, 5.74) is 4.15. The second-order valence-electron chi connectivity index (χ2n) is 9.48. The molecule has 38 heavy (non-hydrogen) atoms. The van der Waals surface area contributed by atoms with Crippen molar-refractivity contribution in [2.45, 2.75) is 51.7 Å². The van der Waals surface area contributed by atoms with Gasteiger partial charge in [-0.3, -0.25) is 4.79 Å². The Labute approximate surface area is 221 Å². The maximum atomic E-state index is 12.7. The van der Waals surface area contributed by atoms with Gasteiger partial charge in [0.25, 0.3) is 0 Å². The highest BCUT2D eigenvalue weighted by molar-refractivity contribution is 5.87. The summed E-state index contributed by atoms with van der Waals surface area (Å²) in [6.07, 6.45) is 4.70. The van der Waals surface area contributed by atoms with Crippen LogP contribution in [0.25, 0.3) is 11.2 Å². The largest absolute Gasteiger partial charge is 0.497 e. The lowest BCUT2D eigenvalue weighted by atomic mass is 9.94. The number of hydrogen-bond acceptors (Lipinski definition) is 9. The first-order valence-electron chi connectivity index (χ1n) is 12.7. The molecule has 0 amide bonds. The van der Waals surface area contributed by atoms with Crippen molar-refractivity contribution in [3.05, 3.63) is 59.4 Å². The summed E-state index contributed by atoms with van der Waals surface area (Å²) in [5, 5.41) is 8.85. The van der Waals surface area contributed by atoms with Gasteiger partial charge in [-0.05, 0) is 43.5 Å². The quantitative estimate of drug-likeness (QED) is 0.319. The molecule has 0 spiro atoms. The normalized spacial score (nSPS) is 15.5. The molecule has 5 rings (SSSR count). The molecule has 1 aliphatic carbocycles. The van der Waals surface area contributed by atoms with Gasteiger partial charge in [0, 0.05) is 36.7 Å². The molecule has 4 aromatic rings. The fourth-order valence-electron chi connectivity index (χ4n) is 5.00. The molecule has 1 aliphatic rings. The van der Waals surface area contributed by atoms with E-state index in [1.165, 1.54) is 6.33 Å². The number of carbonyl (C=O) groups excluding carboxylic acids is 1. The molecule has 198 valence electrons. The molecule has 1 saturated carbocycles. The number of aryl methyl sites for hydroxylation is 1. The molecule has 2 aromatic carbocycles. The first-order chi connectivity index (χ1) is 18.5. The lowest BCUT2D eigenvalue weighted by Crippen LogP contribution is -2.25. The predicted octanol–water partition coefficient (Wildman–Crippen LogP) is 4.45. The molecule has 0 saturated heterocycles. The first-order valence-corrected chi connectivity index (χ1v) is 12.7.